The maximum Gasteiger partial charge on any atom is 0.159 e. The Kier molecular flexibility index (Phi) is 5.18. The van der Waals surface area contributed by atoms with Crippen molar-refractivity contribution in [2.24, 2.45) is 5.92 Å². The molecule has 0 atom stereocenters. The summed E-state index contributed by atoms with van der Waals surface area (Å²) in [4.78, 5) is 11.6. The van der Waals surface area contributed by atoms with E-state index >= 15 is 0 Å². The lowest BCUT2D eigenvalue weighted by molar-refractivity contribution is 0.101. The van der Waals surface area contributed by atoms with Crippen LogP contribution in [0.4, 0.5) is 0 Å². The van der Waals surface area contributed by atoms with Crippen molar-refractivity contribution in [3.8, 4) is 11.1 Å². The number of carbonyl (C=O) groups is 1. The summed E-state index contributed by atoms with van der Waals surface area (Å²) >= 11 is 0. The zero-order valence-corrected chi connectivity index (χ0v) is 14.4. The predicted molar refractivity (Wildman–Crippen MR) is 94.5 cm³/mol. The number of Topliss-reactive ketones (excluding diaryl/α,β-unsaturated/α-hetero) is 1. The van der Waals surface area contributed by atoms with Crippen molar-refractivity contribution in [1.29, 1.82) is 0 Å². The van der Waals surface area contributed by atoms with E-state index in [0.717, 1.165) is 23.5 Å². The molecule has 2 rings (SSSR count). The average molecular weight is 294 g/mol. The number of carbonyl (C=O) groups excluding carboxylic acids is 1. The SMILES string of the molecule is CC(=O)c1ccc(C)c(-c2ccc(CCC(C)C)c(C)c2)c1. The molecule has 0 aliphatic carbocycles. The number of hydrogen-bond donors (Lipinski definition) is 0. The summed E-state index contributed by atoms with van der Waals surface area (Å²) in [6, 6.07) is 12.6. The highest BCUT2D eigenvalue weighted by Gasteiger charge is 2.08. The Balaban J connectivity index is 2.35. The molecule has 2 aromatic rings. The first kappa shape index (κ1) is 16.5. The molecule has 0 unspecified atom stereocenters. The summed E-state index contributed by atoms with van der Waals surface area (Å²) in [6.07, 6.45) is 2.36. The monoisotopic (exact) mass is 294 g/mol. The summed E-state index contributed by atoms with van der Waals surface area (Å²) < 4.78 is 0. The van der Waals surface area contributed by atoms with Gasteiger partial charge in [0.25, 0.3) is 0 Å². The van der Waals surface area contributed by atoms with Crippen LogP contribution in [0.25, 0.3) is 11.1 Å². The molecule has 0 aliphatic rings. The minimum atomic E-state index is 0.117. The van der Waals surface area contributed by atoms with E-state index in [-0.39, 0.29) is 5.78 Å². The third kappa shape index (κ3) is 3.85. The lowest BCUT2D eigenvalue weighted by Gasteiger charge is -2.12. The van der Waals surface area contributed by atoms with Crippen LogP contribution >= 0.6 is 0 Å². The zero-order valence-electron chi connectivity index (χ0n) is 14.4. The van der Waals surface area contributed by atoms with Crippen molar-refractivity contribution in [3.05, 3.63) is 58.7 Å². The van der Waals surface area contributed by atoms with Crippen LogP contribution in [0.5, 0.6) is 0 Å². The van der Waals surface area contributed by atoms with Gasteiger partial charge in [-0.05, 0) is 73.4 Å². The van der Waals surface area contributed by atoms with Crippen LogP contribution in [0.2, 0.25) is 0 Å². The van der Waals surface area contributed by atoms with Crippen LogP contribution < -0.4 is 0 Å². The molecule has 0 saturated heterocycles. The van der Waals surface area contributed by atoms with Crippen LogP contribution in [-0.2, 0) is 6.42 Å². The Morgan fingerprint density at radius 1 is 1.00 bits per heavy atom. The van der Waals surface area contributed by atoms with Crippen molar-refractivity contribution >= 4 is 5.78 Å². The zero-order chi connectivity index (χ0) is 16.3. The van der Waals surface area contributed by atoms with Crippen LogP contribution in [0, 0.1) is 19.8 Å². The smallest absolute Gasteiger partial charge is 0.159 e. The first-order chi connectivity index (χ1) is 10.4. The van der Waals surface area contributed by atoms with Gasteiger partial charge in [0, 0.05) is 5.56 Å². The first-order valence-corrected chi connectivity index (χ1v) is 8.10. The summed E-state index contributed by atoms with van der Waals surface area (Å²) in [5.41, 5.74) is 7.11. The third-order valence-electron chi connectivity index (χ3n) is 4.29. The maximum absolute atomic E-state index is 11.6. The van der Waals surface area contributed by atoms with Crippen LogP contribution in [0.15, 0.2) is 36.4 Å². The average Bonchev–Trinajstić information content (AvgIpc) is 2.46. The fourth-order valence-corrected chi connectivity index (χ4v) is 2.74. The van der Waals surface area contributed by atoms with Gasteiger partial charge in [0.2, 0.25) is 0 Å². The normalized spacial score (nSPS) is 11.0. The molecule has 116 valence electrons. The van der Waals surface area contributed by atoms with Gasteiger partial charge < -0.3 is 0 Å². The molecular formula is C21H26O. The topological polar surface area (TPSA) is 17.1 Å². The molecule has 0 aliphatic heterocycles. The number of aryl methyl sites for hydroxylation is 3. The molecule has 0 radical (unpaired) electrons. The van der Waals surface area contributed by atoms with Crippen LogP contribution in [-0.4, -0.2) is 5.78 Å². The second kappa shape index (κ2) is 6.91. The lowest BCUT2D eigenvalue weighted by Crippen LogP contribution is -1.97. The predicted octanol–water partition coefficient (Wildman–Crippen LogP) is 5.76. The van der Waals surface area contributed by atoms with Crippen molar-refractivity contribution < 1.29 is 4.79 Å². The van der Waals surface area contributed by atoms with Crippen LogP contribution in [0.1, 0.15) is 54.2 Å². The molecule has 0 bridgehead atoms. The molecule has 22 heavy (non-hydrogen) atoms. The molecule has 0 N–H and O–H groups in total. The molecule has 0 heterocycles. The summed E-state index contributed by atoms with van der Waals surface area (Å²) in [6.45, 7) is 10.4. The quantitative estimate of drug-likeness (QED) is 0.640. The highest BCUT2D eigenvalue weighted by atomic mass is 16.1. The highest BCUT2D eigenvalue weighted by Crippen LogP contribution is 2.27. The van der Waals surface area contributed by atoms with E-state index in [1.165, 1.54) is 28.7 Å². The molecule has 1 heteroatoms. The van der Waals surface area contributed by atoms with E-state index in [9.17, 15) is 4.79 Å². The Labute approximate surface area is 134 Å². The van der Waals surface area contributed by atoms with Crippen molar-refractivity contribution in [1.82, 2.24) is 0 Å². The number of ketones is 1. The Bertz CT molecular complexity index is 680. The van der Waals surface area contributed by atoms with E-state index in [1.807, 2.05) is 18.2 Å². The maximum atomic E-state index is 11.6. The van der Waals surface area contributed by atoms with Gasteiger partial charge in [-0.15, -0.1) is 0 Å². The minimum Gasteiger partial charge on any atom is -0.295 e. The van der Waals surface area contributed by atoms with Gasteiger partial charge >= 0.3 is 0 Å². The second-order valence-electron chi connectivity index (χ2n) is 6.66. The summed E-state index contributed by atoms with van der Waals surface area (Å²) in [7, 11) is 0. The fourth-order valence-electron chi connectivity index (χ4n) is 2.74. The minimum absolute atomic E-state index is 0.117. The second-order valence-corrected chi connectivity index (χ2v) is 6.66. The molecule has 2 aromatic carbocycles. The van der Waals surface area contributed by atoms with Crippen molar-refractivity contribution in [2.45, 2.75) is 47.5 Å². The van der Waals surface area contributed by atoms with Crippen molar-refractivity contribution in [3.63, 3.8) is 0 Å². The third-order valence-corrected chi connectivity index (χ3v) is 4.29. The number of rotatable bonds is 5. The van der Waals surface area contributed by atoms with Crippen molar-refractivity contribution in [2.75, 3.05) is 0 Å². The molecule has 0 spiro atoms. The van der Waals surface area contributed by atoms with Gasteiger partial charge in [-0.1, -0.05) is 44.2 Å². The fraction of sp³-hybridized carbons (Fsp3) is 0.381. The Hall–Kier alpha value is -1.89. The standard InChI is InChI=1S/C21H26O/c1-14(2)6-8-18-10-11-20(12-16(18)4)21-13-19(17(5)22)9-7-15(21)3/h7,9-14H,6,8H2,1-5H3. The summed E-state index contributed by atoms with van der Waals surface area (Å²) in [5.74, 6) is 0.847. The van der Waals surface area contributed by atoms with Crippen LogP contribution in [0.3, 0.4) is 0 Å². The van der Waals surface area contributed by atoms with Gasteiger partial charge in [-0.25, -0.2) is 0 Å². The molecular weight excluding hydrogens is 268 g/mol. The first-order valence-electron chi connectivity index (χ1n) is 8.10. The van der Waals surface area contributed by atoms with Gasteiger partial charge in [0.15, 0.2) is 5.78 Å². The lowest BCUT2D eigenvalue weighted by atomic mass is 9.92. The number of benzene rings is 2. The number of hydrogen-bond acceptors (Lipinski definition) is 1. The summed E-state index contributed by atoms with van der Waals surface area (Å²) in [5, 5.41) is 0. The Morgan fingerprint density at radius 2 is 1.73 bits per heavy atom. The molecule has 0 saturated carbocycles. The van der Waals surface area contributed by atoms with E-state index in [2.05, 4.69) is 45.9 Å². The molecule has 0 amide bonds. The molecule has 0 fully saturated rings. The van der Waals surface area contributed by atoms with E-state index in [1.54, 1.807) is 6.92 Å². The van der Waals surface area contributed by atoms with E-state index in [4.69, 9.17) is 0 Å². The Morgan fingerprint density at radius 3 is 2.32 bits per heavy atom. The van der Waals surface area contributed by atoms with Gasteiger partial charge in [0.05, 0.1) is 0 Å². The highest BCUT2D eigenvalue weighted by molar-refractivity contribution is 5.95. The van der Waals surface area contributed by atoms with E-state index in [0.29, 0.717) is 0 Å². The van der Waals surface area contributed by atoms with Gasteiger partial charge in [-0.2, -0.15) is 0 Å². The largest absolute Gasteiger partial charge is 0.295 e. The molecule has 1 nitrogen and oxygen atoms in total. The van der Waals surface area contributed by atoms with E-state index < -0.39 is 0 Å². The van der Waals surface area contributed by atoms with Gasteiger partial charge in [-0.3, -0.25) is 4.79 Å². The molecule has 0 aromatic heterocycles. The van der Waals surface area contributed by atoms with Gasteiger partial charge in [0.1, 0.15) is 0 Å².